The minimum atomic E-state index is -0.168. The molecule has 0 saturated heterocycles. The van der Waals surface area contributed by atoms with Crippen molar-refractivity contribution in [2.45, 2.75) is 18.9 Å². The zero-order chi connectivity index (χ0) is 11.8. The molecule has 2 aromatic rings. The van der Waals surface area contributed by atoms with E-state index < -0.39 is 0 Å². The van der Waals surface area contributed by atoms with Crippen molar-refractivity contribution >= 4 is 34.1 Å². The van der Waals surface area contributed by atoms with E-state index in [4.69, 9.17) is 11.6 Å². The monoisotopic (exact) mass is 248 g/mol. The van der Waals surface area contributed by atoms with Crippen LogP contribution in [0.1, 0.15) is 18.9 Å². The van der Waals surface area contributed by atoms with Crippen molar-refractivity contribution < 1.29 is 4.79 Å². The second kappa shape index (κ2) is 4.08. The Labute approximate surface area is 104 Å². The summed E-state index contributed by atoms with van der Waals surface area (Å²) in [6.45, 7) is 0. The van der Waals surface area contributed by atoms with Crippen molar-refractivity contribution in [3.05, 3.63) is 30.5 Å². The van der Waals surface area contributed by atoms with Crippen molar-refractivity contribution in [1.29, 1.82) is 0 Å². The first-order chi connectivity index (χ1) is 8.29. The Morgan fingerprint density at radius 3 is 2.94 bits per heavy atom. The van der Waals surface area contributed by atoms with E-state index in [9.17, 15) is 4.79 Å². The Morgan fingerprint density at radius 1 is 1.41 bits per heavy atom. The molecule has 0 spiro atoms. The fourth-order valence-electron chi connectivity index (χ4n) is 2.15. The Bertz CT molecular complexity index is 572. The van der Waals surface area contributed by atoms with Crippen LogP contribution in [0.4, 0.5) is 5.69 Å². The summed E-state index contributed by atoms with van der Waals surface area (Å²) in [7, 11) is 0. The number of halogens is 1. The van der Waals surface area contributed by atoms with E-state index in [0.717, 1.165) is 11.1 Å². The number of fused-ring (bicyclic) bond motifs is 1. The fraction of sp³-hybridized carbons (Fsp3) is 0.308. The van der Waals surface area contributed by atoms with Gasteiger partial charge in [-0.15, -0.1) is 11.6 Å². The third-order valence-corrected chi connectivity index (χ3v) is 3.34. The fourth-order valence-corrected chi connectivity index (χ4v) is 2.22. The number of hydrogen-bond acceptors (Lipinski definition) is 1. The lowest BCUT2D eigenvalue weighted by atomic mass is 10.2. The van der Waals surface area contributed by atoms with Gasteiger partial charge in [-0.3, -0.25) is 4.79 Å². The zero-order valence-corrected chi connectivity index (χ0v) is 10.1. The molecule has 1 saturated carbocycles. The van der Waals surface area contributed by atoms with Gasteiger partial charge in [0.1, 0.15) is 5.88 Å². The molecule has 4 heteroatoms. The standard InChI is InChI=1S/C13H13ClN2O/c14-8-13(17)15-11-2-1-3-12-10(11)6-7-16(12)9-4-5-9/h1-3,6-7,9H,4-5,8H2,(H,15,17). The summed E-state index contributed by atoms with van der Waals surface area (Å²) in [5.74, 6) is -0.182. The van der Waals surface area contributed by atoms with Gasteiger partial charge < -0.3 is 9.88 Å². The van der Waals surface area contributed by atoms with E-state index >= 15 is 0 Å². The van der Waals surface area contributed by atoms with Crippen molar-refractivity contribution in [2.24, 2.45) is 0 Å². The first-order valence-corrected chi connectivity index (χ1v) is 6.28. The summed E-state index contributed by atoms with van der Waals surface area (Å²) in [6, 6.07) is 8.66. The van der Waals surface area contributed by atoms with E-state index in [0.29, 0.717) is 6.04 Å². The van der Waals surface area contributed by atoms with Gasteiger partial charge in [0.25, 0.3) is 0 Å². The van der Waals surface area contributed by atoms with Crippen LogP contribution in [0, 0.1) is 0 Å². The minimum Gasteiger partial charge on any atom is -0.344 e. The maximum Gasteiger partial charge on any atom is 0.239 e. The van der Waals surface area contributed by atoms with Crippen LogP contribution in [-0.2, 0) is 4.79 Å². The van der Waals surface area contributed by atoms with Gasteiger partial charge in [-0.2, -0.15) is 0 Å². The molecule has 88 valence electrons. The highest BCUT2D eigenvalue weighted by Crippen LogP contribution is 2.38. The summed E-state index contributed by atoms with van der Waals surface area (Å²) in [5, 5.41) is 3.90. The normalized spacial score (nSPS) is 15.1. The molecule has 1 aliphatic carbocycles. The van der Waals surface area contributed by atoms with Gasteiger partial charge in [0, 0.05) is 17.6 Å². The second-order valence-electron chi connectivity index (χ2n) is 4.37. The lowest BCUT2D eigenvalue weighted by molar-refractivity contribution is -0.113. The number of amides is 1. The molecule has 1 N–H and O–H groups in total. The van der Waals surface area contributed by atoms with Crippen LogP contribution in [0.25, 0.3) is 10.9 Å². The third kappa shape index (κ3) is 1.91. The number of nitrogens with one attached hydrogen (secondary N) is 1. The molecule has 1 heterocycles. The Morgan fingerprint density at radius 2 is 2.24 bits per heavy atom. The zero-order valence-electron chi connectivity index (χ0n) is 9.32. The molecular weight excluding hydrogens is 236 g/mol. The number of carbonyl (C=O) groups is 1. The van der Waals surface area contributed by atoms with Crippen LogP contribution in [0.5, 0.6) is 0 Å². The quantitative estimate of drug-likeness (QED) is 0.832. The highest BCUT2D eigenvalue weighted by Gasteiger charge is 2.24. The Hall–Kier alpha value is -1.48. The average molecular weight is 249 g/mol. The van der Waals surface area contributed by atoms with Crippen LogP contribution >= 0.6 is 11.6 Å². The van der Waals surface area contributed by atoms with Gasteiger partial charge in [0.2, 0.25) is 5.91 Å². The van der Waals surface area contributed by atoms with Crippen molar-refractivity contribution in [3.8, 4) is 0 Å². The van der Waals surface area contributed by atoms with Gasteiger partial charge >= 0.3 is 0 Å². The Balaban J connectivity index is 2.04. The highest BCUT2D eigenvalue weighted by atomic mass is 35.5. The van der Waals surface area contributed by atoms with Crippen LogP contribution in [0.2, 0.25) is 0 Å². The lowest BCUT2D eigenvalue weighted by Gasteiger charge is -2.06. The molecule has 17 heavy (non-hydrogen) atoms. The van der Waals surface area contributed by atoms with E-state index in [2.05, 4.69) is 28.2 Å². The number of rotatable bonds is 3. The van der Waals surface area contributed by atoms with Gasteiger partial charge in [-0.25, -0.2) is 0 Å². The van der Waals surface area contributed by atoms with E-state index in [1.165, 1.54) is 18.4 Å². The predicted molar refractivity (Wildman–Crippen MR) is 69.6 cm³/mol. The molecule has 0 bridgehead atoms. The maximum absolute atomic E-state index is 11.3. The molecule has 1 fully saturated rings. The summed E-state index contributed by atoms with van der Waals surface area (Å²) < 4.78 is 2.28. The van der Waals surface area contributed by atoms with Crippen molar-refractivity contribution in [1.82, 2.24) is 4.57 Å². The van der Waals surface area contributed by atoms with E-state index in [1.807, 2.05) is 12.1 Å². The number of hydrogen-bond donors (Lipinski definition) is 1. The van der Waals surface area contributed by atoms with Crippen LogP contribution in [-0.4, -0.2) is 16.4 Å². The van der Waals surface area contributed by atoms with Crippen LogP contribution in [0.3, 0.4) is 0 Å². The van der Waals surface area contributed by atoms with E-state index in [1.54, 1.807) is 0 Å². The Kier molecular flexibility index (Phi) is 2.56. The molecular formula is C13H13ClN2O. The number of aromatic nitrogens is 1. The van der Waals surface area contributed by atoms with Crippen LogP contribution < -0.4 is 5.32 Å². The molecule has 1 amide bonds. The first-order valence-electron chi connectivity index (χ1n) is 5.75. The molecule has 1 aromatic heterocycles. The highest BCUT2D eigenvalue weighted by molar-refractivity contribution is 6.29. The summed E-state index contributed by atoms with van der Waals surface area (Å²) in [6.07, 6.45) is 4.60. The molecule has 1 aliphatic rings. The molecule has 0 radical (unpaired) electrons. The topological polar surface area (TPSA) is 34.0 Å². The third-order valence-electron chi connectivity index (χ3n) is 3.10. The smallest absolute Gasteiger partial charge is 0.239 e. The van der Waals surface area contributed by atoms with Gasteiger partial charge in [0.15, 0.2) is 0 Å². The molecule has 3 nitrogen and oxygen atoms in total. The minimum absolute atomic E-state index is 0.0142. The first kappa shape index (κ1) is 10.7. The SMILES string of the molecule is O=C(CCl)Nc1cccc2c1ccn2C1CC1. The van der Waals surface area contributed by atoms with Crippen molar-refractivity contribution in [2.75, 3.05) is 11.2 Å². The molecule has 0 aliphatic heterocycles. The van der Waals surface area contributed by atoms with E-state index in [-0.39, 0.29) is 11.8 Å². The molecule has 0 atom stereocenters. The number of anilines is 1. The van der Waals surface area contributed by atoms with Crippen molar-refractivity contribution in [3.63, 3.8) is 0 Å². The summed E-state index contributed by atoms with van der Waals surface area (Å²) >= 11 is 5.50. The predicted octanol–water partition coefficient (Wildman–Crippen LogP) is 3.15. The van der Waals surface area contributed by atoms with Gasteiger partial charge in [0.05, 0.1) is 11.2 Å². The number of alkyl halides is 1. The van der Waals surface area contributed by atoms with Gasteiger partial charge in [-0.1, -0.05) is 6.07 Å². The molecule has 0 unspecified atom stereocenters. The van der Waals surface area contributed by atoms with Crippen LogP contribution in [0.15, 0.2) is 30.5 Å². The number of carbonyl (C=O) groups excluding carboxylic acids is 1. The summed E-state index contributed by atoms with van der Waals surface area (Å²) in [4.78, 5) is 11.3. The average Bonchev–Trinajstić information content (AvgIpc) is 3.09. The van der Waals surface area contributed by atoms with Gasteiger partial charge in [-0.05, 0) is 31.0 Å². The lowest BCUT2D eigenvalue weighted by Crippen LogP contribution is -2.12. The molecule has 3 rings (SSSR count). The molecule has 1 aromatic carbocycles. The number of nitrogens with zero attached hydrogens (tertiary/aromatic N) is 1. The number of benzene rings is 1. The maximum atomic E-state index is 11.3. The second-order valence-corrected chi connectivity index (χ2v) is 4.64. The summed E-state index contributed by atoms with van der Waals surface area (Å²) in [5.41, 5.74) is 2.02. The largest absolute Gasteiger partial charge is 0.344 e.